The van der Waals surface area contributed by atoms with Crippen molar-refractivity contribution in [2.45, 2.75) is 39.9 Å². The highest BCUT2D eigenvalue weighted by atomic mass is 16.5. The van der Waals surface area contributed by atoms with Gasteiger partial charge >= 0.3 is 0 Å². The second-order valence-electron chi connectivity index (χ2n) is 5.25. The van der Waals surface area contributed by atoms with Crippen LogP contribution in [0.1, 0.15) is 41.7 Å². The number of hydrogen-bond donors (Lipinski definition) is 1. The van der Waals surface area contributed by atoms with Crippen LogP contribution in [0, 0.1) is 13.8 Å². The summed E-state index contributed by atoms with van der Waals surface area (Å²) in [5.74, 6) is 0.765. The van der Waals surface area contributed by atoms with Crippen molar-refractivity contribution in [3.8, 4) is 5.75 Å². The van der Waals surface area contributed by atoms with E-state index >= 15 is 0 Å². The Bertz CT molecular complexity index is 555. The van der Waals surface area contributed by atoms with Gasteiger partial charge in [-0.1, -0.05) is 54.4 Å². The molecule has 2 heteroatoms. The van der Waals surface area contributed by atoms with Crippen molar-refractivity contribution in [1.82, 2.24) is 0 Å². The average Bonchev–Trinajstić information content (AvgIpc) is 2.43. The molecule has 2 aromatic rings. The molecule has 0 aromatic heterocycles. The lowest BCUT2D eigenvalue weighted by Crippen LogP contribution is -2.02. The highest BCUT2D eigenvalue weighted by Gasteiger charge is 2.11. The lowest BCUT2D eigenvalue weighted by Gasteiger charge is -2.15. The van der Waals surface area contributed by atoms with E-state index in [0.717, 1.165) is 16.9 Å². The summed E-state index contributed by atoms with van der Waals surface area (Å²) < 4.78 is 5.90. The van der Waals surface area contributed by atoms with Gasteiger partial charge in [0.15, 0.2) is 0 Å². The highest BCUT2D eigenvalue weighted by Crippen LogP contribution is 2.27. The minimum atomic E-state index is -0.467. The van der Waals surface area contributed by atoms with Crippen LogP contribution in [-0.2, 0) is 6.61 Å². The first-order valence-electron chi connectivity index (χ1n) is 7.07. The Hall–Kier alpha value is -1.80. The maximum Gasteiger partial charge on any atom is 0.125 e. The Morgan fingerprint density at radius 3 is 2.35 bits per heavy atom. The van der Waals surface area contributed by atoms with Crippen LogP contribution in [0.4, 0.5) is 0 Å². The Labute approximate surface area is 121 Å². The largest absolute Gasteiger partial charge is 0.489 e. The van der Waals surface area contributed by atoms with Crippen LogP contribution in [0.25, 0.3) is 0 Å². The van der Waals surface area contributed by atoms with Gasteiger partial charge in [-0.25, -0.2) is 0 Å². The van der Waals surface area contributed by atoms with Gasteiger partial charge in [0, 0.05) is 5.56 Å². The fourth-order valence-corrected chi connectivity index (χ4v) is 2.42. The van der Waals surface area contributed by atoms with Crippen LogP contribution < -0.4 is 4.74 Å². The van der Waals surface area contributed by atoms with Crippen molar-refractivity contribution in [1.29, 1.82) is 0 Å². The Morgan fingerprint density at radius 2 is 1.70 bits per heavy atom. The van der Waals surface area contributed by atoms with E-state index in [1.54, 1.807) is 0 Å². The maximum absolute atomic E-state index is 10.0. The van der Waals surface area contributed by atoms with Crippen LogP contribution in [0.15, 0.2) is 42.5 Å². The van der Waals surface area contributed by atoms with E-state index in [1.807, 2.05) is 31.2 Å². The smallest absolute Gasteiger partial charge is 0.125 e. The first-order valence-corrected chi connectivity index (χ1v) is 7.07. The van der Waals surface area contributed by atoms with E-state index in [4.69, 9.17) is 4.74 Å². The van der Waals surface area contributed by atoms with Gasteiger partial charge in [0.05, 0.1) is 6.10 Å². The van der Waals surface area contributed by atoms with Crippen LogP contribution in [0.3, 0.4) is 0 Å². The fourth-order valence-electron chi connectivity index (χ4n) is 2.42. The van der Waals surface area contributed by atoms with E-state index < -0.39 is 6.10 Å². The van der Waals surface area contributed by atoms with Crippen molar-refractivity contribution >= 4 is 0 Å². The lowest BCUT2D eigenvalue weighted by atomic mass is 10.1. The van der Waals surface area contributed by atoms with Gasteiger partial charge in [-0.2, -0.15) is 0 Å². The van der Waals surface area contributed by atoms with Gasteiger partial charge in [-0.05, 0) is 31.9 Å². The number of para-hydroxylation sites is 1. The number of aliphatic hydroxyl groups excluding tert-OH is 1. The summed E-state index contributed by atoms with van der Waals surface area (Å²) in [6, 6.07) is 14.1. The van der Waals surface area contributed by atoms with Crippen molar-refractivity contribution in [3.05, 3.63) is 64.7 Å². The molecule has 0 aliphatic heterocycles. The van der Waals surface area contributed by atoms with Crippen LogP contribution >= 0.6 is 0 Å². The summed E-state index contributed by atoms with van der Waals surface area (Å²) in [6.45, 7) is 6.66. The van der Waals surface area contributed by atoms with Crippen molar-refractivity contribution < 1.29 is 9.84 Å². The number of hydrogen-bond acceptors (Lipinski definition) is 2. The lowest BCUT2D eigenvalue weighted by molar-refractivity contribution is 0.166. The number of rotatable bonds is 5. The second-order valence-corrected chi connectivity index (χ2v) is 5.25. The summed E-state index contributed by atoms with van der Waals surface area (Å²) in [7, 11) is 0. The highest BCUT2D eigenvalue weighted by molar-refractivity contribution is 5.35. The molecule has 2 rings (SSSR count). The molecule has 0 aliphatic carbocycles. The zero-order valence-electron chi connectivity index (χ0n) is 12.4. The Kier molecular flexibility index (Phi) is 4.80. The molecule has 0 aliphatic rings. The molecule has 2 nitrogen and oxygen atoms in total. The number of ether oxygens (including phenoxy) is 1. The zero-order chi connectivity index (χ0) is 14.5. The first kappa shape index (κ1) is 14.6. The first-order chi connectivity index (χ1) is 9.60. The summed E-state index contributed by atoms with van der Waals surface area (Å²) in [6.07, 6.45) is 0.217. The SMILES string of the molecule is CC[C@@H](O)c1ccccc1OCc1cc(C)cc(C)c1. The van der Waals surface area contributed by atoms with Gasteiger partial charge in [0.25, 0.3) is 0 Å². The van der Waals surface area contributed by atoms with Crippen LogP contribution in [0.5, 0.6) is 5.75 Å². The molecule has 0 bridgehead atoms. The third-order valence-electron chi connectivity index (χ3n) is 3.34. The fraction of sp³-hybridized carbons (Fsp3) is 0.333. The third kappa shape index (κ3) is 3.61. The van der Waals surface area contributed by atoms with E-state index in [1.165, 1.54) is 11.1 Å². The quantitative estimate of drug-likeness (QED) is 0.876. The van der Waals surface area contributed by atoms with Crippen molar-refractivity contribution in [2.24, 2.45) is 0 Å². The standard InChI is InChI=1S/C18H22O2/c1-4-17(19)16-7-5-6-8-18(16)20-12-15-10-13(2)9-14(3)11-15/h5-11,17,19H,4,12H2,1-3H3/t17-/m1/s1. The molecule has 1 atom stereocenters. The summed E-state index contributed by atoms with van der Waals surface area (Å²) in [4.78, 5) is 0. The second kappa shape index (κ2) is 6.58. The van der Waals surface area contributed by atoms with E-state index in [-0.39, 0.29) is 0 Å². The molecule has 0 amide bonds. The van der Waals surface area contributed by atoms with Crippen LogP contribution in [0.2, 0.25) is 0 Å². The molecular weight excluding hydrogens is 248 g/mol. The van der Waals surface area contributed by atoms with Crippen LogP contribution in [-0.4, -0.2) is 5.11 Å². The monoisotopic (exact) mass is 270 g/mol. The minimum Gasteiger partial charge on any atom is -0.489 e. The topological polar surface area (TPSA) is 29.5 Å². The van der Waals surface area contributed by atoms with Gasteiger partial charge in [-0.15, -0.1) is 0 Å². The molecule has 0 fully saturated rings. The predicted molar refractivity (Wildman–Crippen MR) is 81.9 cm³/mol. The molecule has 106 valence electrons. The van der Waals surface area contributed by atoms with Crippen molar-refractivity contribution in [2.75, 3.05) is 0 Å². The normalized spacial score (nSPS) is 12.2. The van der Waals surface area contributed by atoms with Gasteiger partial charge in [-0.3, -0.25) is 0 Å². The molecule has 20 heavy (non-hydrogen) atoms. The molecule has 0 spiro atoms. The van der Waals surface area contributed by atoms with E-state index in [9.17, 15) is 5.11 Å². The number of benzene rings is 2. The molecule has 2 aromatic carbocycles. The van der Waals surface area contributed by atoms with E-state index in [0.29, 0.717) is 13.0 Å². The summed E-state index contributed by atoms with van der Waals surface area (Å²) >= 11 is 0. The number of aliphatic hydroxyl groups is 1. The molecule has 0 radical (unpaired) electrons. The summed E-state index contributed by atoms with van der Waals surface area (Å²) in [5.41, 5.74) is 4.50. The number of aryl methyl sites for hydroxylation is 2. The average molecular weight is 270 g/mol. The molecule has 0 saturated heterocycles. The molecule has 0 unspecified atom stereocenters. The molecular formula is C18H22O2. The predicted octanol–water partition coefficient (Wildman–Crippen LogP) is 4.33. The zero-order valence-corrected chi connectivity index (χ0v) is 12.4. The molecule has 0 heterocycles. The molecule has 1 N–H and O–H groups in total. The third-order valence-corrected chi connectivity index (χ3v) is 3.34. The molecule has 0 saturated carbocycles. The van der Waals surface area contributed by atoms with Gasteiger partial charge < -0.3 is 9.84 Å². The Morgan fingerprint density at radius 1 is 1.05 bits per heavy atom. The maximum atomic E-state index is 10.0. The Balaban J connectivity index is 2.14. The van der Waals surface area contributed by atoms with Gasteiger partial charge in [0.2, 0.25) is 0 Å². The minimum absolute atomic E-state index is 0.467. The van der Waals surface area contributed by atoms with E-state index in [2.05, 4.69) is 32.0 Å². The summed E-state index contributed by atoms with van der Waals surface area (Å²) in [5, 5.41) is 10.0. The van der Waals surface area contributed by atoms with Gasteiger partial charge in [0.1, 0.15) is 12.4 Å². The van der Waals surface area contributed by atoms with Crippen molar-refractivity contribution in [3.63, 3.8) is 0 Å².